The van der Waals surface area contributed by atoms with Crippen molar-refractivity contribution in [2.24, 2.45) is 0 Å². The number of halogens is 4. The molecule has 3 heterocycles. The average molecular weight is 686 g/mol. The molecule has 2 N–H and O–H groups in total. The fourth-order valence-electron chi connectivity index (χ4n) is 5.35. The maximum absolute atomic E-state index is 13.3. The molecule has 0 unspecified atom stereocenters. The van der Waals surface area contributed by atoms with Gasteiger partial charge in [-0.15, -0.1) is 0 Å². The number of nitrogens with zero attached hydrogens (tertiary/aromatic N) is 4. The number of benzene rings is 2. The summed E-state index contributed by atoms with van der Waals surface area (Å²) in [5.41, 5.74) is 3.28. The van der Waals surface area contributed by atoms with Gasteiger partial charge in [0.25, 0.3) is 6.43 Å². The molecule has 4 aromatic rings. The van der Waals surface area contributed by atoms with Gasteiger partial charge in [-0.1, -0.05) is 59.6 Å². The second kappa shape index (κ2) is 14.9. The van der Waals surface area contributed by atoms with Crippen LogP contribution in [0.4, 0.5) is 8.78 Å². The number of alkyl halides is 2. The number of rotatable bonds is 13. The molecule has 0 saturated carbocycles. The van der Waals surface area contributed by atoms with Gasteiger partial charge in [-0.2, -0.15) is 0 Å². The molecule has 1 aliphatic rings. The molecule has 0 aliphatic carbocycles. The molecule has 1 aliphatic heterocycles. The number of aromatic nitrogens is 4. The summed E-state index contributed by atoms with van der Waals surface area (Å²) in [5, 5.41) is 6.62. The smallest absolute Gasteiger partial charge is 0.255 e. The van der Waals surface area contributed by atoms with Crippen LogP contribution in [0.25, 0.3) is 33.6 Å². The number of amides is 1. The molecule has 1 atom stereocenters. The van der Waals surface area contributed by atoms with E-state index in [1.165, 1.54) is 27.2 Å². The number of nitrogens with one attached hydrogen (secondary N) is 2. The molecular weight excluding hydrogens is 649 g/mol. The average Bonchev–Trinajstić information content (AvgIpc) is 3.48. The SMILES string of the molecule is COc1nc(-c2cccc(-c3cccc(-c4cnc(CNC(C)(C)C(F)F)c(OC)n4)c3Cl)c2Cl)cnc1CCC[C@@H]1CCC(=O)N1. The highest BCUT2D eigenvalue weighted by atomic mass is 35.5. The third kappa shape index (κ3) is 7.80. The van der Waals surface area contributed by atoms with Crippen LogP contribution in [0, 0.1) is 0 Å². The van der Waals surface area contributed by atoms with E-state index in [0.29, 0.717) is 68.1 Å². The first kappa shape index (κ1) is 34.4. The summed E-state index contributed by atoms with van der Waals surface area (Å²) in [5.74, 6) is 0.724. The van der Waals surface area contributed by atoms with E-state index in [1.807, 2.05) is 30.3 Å². The highest BCUT2D eigenvalue weighted by Crippen LogP contribution is 2.42. The van der Waals surface area contributed by atoms with Crippen molar-refractivity contribution in [3.63, 3.8) is 0 Å². The molecule has 2 aromatic heterocycles. The van der Waals surface area contributed by atoms with Crippen molar-refractivity contribution in [3.05, 3.63) is 70.2 Å². The van der Waals surface area contributed by atoms with Crippen molar-refractivity contribution in [1.82, 2.24) is 30.6 Å². The predicted octanol–water partition coefficient (Wildman–Crippen LogP) is 7.33. The Hall–Kier alpha value is -3.93. The number of aryl methyl sites for hydroxylation is 1. The normalized spacial score (nSPS) is 14.8. The molecule has 0 radical (unpaired) electrons. The Morgan fingerprint density at radius 1 is 0.915 bits per heavy atom. The topological polar surface area (TPSA) is 111 Å². The molecule has 13 heteroatoms. The minimum absolute atomic E-state index is 0.0404. The van der Waals surface area contributed by atoms with E-state index in [2.05, 4.69) is 25.6 Å². The van der Waals surface area contributed by atoms with Crippen LogP contribution < -0.4 is 20.1 Å². The van der Waals surface area contributed by atoms with Gasteiger partial charge in [0.15, 0.2) is 0 Å². The first-order valence-electron chi connectivity index (χ1n) is 15.2. The van der Waals surface area contributed by atoms with E-state index >= 15 is 0 Å². The Morgan fingerprint density at radius 3 is 1.96 bits per heavy atom. The molecular formula is C34H36Cl2F2N6O3. The van der Waals surface area contributed by atoms with Gasteiger partial charge in [0, 0.05) is 41.3 Å². The predicted molar refractivity (Wildman–Crippen MR) is 178 cm³/mol. The first-order valence-corrected chi connectivity index (χ1v) is 16.0. The van der Waals surface area contributed by atoms with Crippen LogP contribution in [-0.2, 0) is 17.8 Å². The van der Waals surface area contributed by atoms with E-state index in [1.54, 1.807) is 19.4 Å². The van der Waals surface area contributed by atoms with Crippen LogP contribution in [0.1, 0.15) is 50.9 Å². The number of hydrogen-bond acceptors (Lipinski definition) is 8. The molecule has 9 nitrogen and oxygen atoms in total. The van der Waals surface area contributed by atoms with Gasteiger partial charge in [0.05, 0.1) is 53.6 Å². The second-order valence-electron chi connectivity index (χ2n) is 11.8. The summed E-state index contributed by atoms with van der Waals surface area (Å²) >= 11 is 14.0. The van der Waals surface area contributed by atoms with E-state index in [-0.39, 0.29) is 24.4 Å². The maximum atomic E-state index is 13.3. The number of ether oxygens (including phenoxy) is 2. The molecule has 47 heavy (non-hydrogen) atoms. The minimum Gasteiger partial charge on any atom is -0.480 e. The monoisotopic (exact) mass is 684 g/mol. The highest BCUT2D eigenvalue weighted by molar-refractivity contribution is 6.39. The molecule has 0 spiro atoms. The van der Waals surface area contributed by atoms with Crippen molar-refractivity contribution < 1.29 is 23.0 Å². The summed E-state index contributed by atoms with van der Waals surface area (Å²) in [6, 6.07) is 11.3. The lowest BCUT2D eigenvalue weighted by atomic mass is 9.98. The van der Waals surface area contributed by atoms with Crippen LogP contribution in [0.5, 0.6) is 11.8 Å². The van der Waals surface area contributed by atoms with Crippen LogP contribution in [0.15, 0.2) is 48.8 Å². The summed E-state index contributed by atoms with van der Waals surface area (Å²) in [6.07, 6.45) is 4.46. The van der Waals surface area contributed by atoms with E-state index in [9.17, 15) is 13.6 Å². The van der Waals surface area contributed by atoms with Gasteiger partial charge in [-0.25, -0.2) is 18.7 Å². The summed E-state index contributed by atoms with van der Waals surface area (Å²) in [7, 11) is 3.00. The first-order chi connectivity index (χ1) is 22.5. The zero-order valence-electron chi connectivity index (χ0n) is 26.5. The van der Waals surface area contributed by atoms with E-state index < -0.39 is 12.0 Å². The molecule has 0 bridgehead atoms. The number of carbonyl (C=O) groups is 1. The number of carbonyl (C=O) groups excluding carboxylic acids is 1. The zero-order valence-corrected chi connectivity index (χ0v) is 28.1. The number of methoxy groups -OCH3 is 2. The Labute approximate surface area is 282 Å². The Bertz CT molecular complexity index is 1760. The van der Waals surface area contributed by atoms with Gasteiger partial charge in [0.2, 0.25) is 17.7 Å². The highest BCUT2D eigenvalue weighted by Gasteiger charge is 2.29. The van der Waals surface area contributed by atoms with Gasteiger partial charge in [-0.05, 0) is 39.5 Å². The fourth-order valence-corrected chi connectivity index (χ4v) is 6.00. The molecule has 1 fully saturated rings. The van der Waals surface area contributed by atoms with Crippen molar-refractivity contribution >= 4 is 29.1 Å². The van der Waals surface area contributed by atoms with Crippen molar-refractivity contribution in [3.8, 4) is 45.4 Å². The molecule has 2 aromatic carbocycles. The third-order valence-electron chi connectivity index (χ3n) is 8.16. The fraction of sp³-hybridized carbons (Fsp3) is 0.382. The second-order valence-corrected chi connectivity index (χ2v) is 12.6. The van der Waals surface area contributed by atoms with Crippen LogP contribution >= 0.6 is 23.2 Å². The summed E-state index contributed by atoms with van der Waals surface area (Å²) in [4.78, 5) is 29.9. The van der Waals surface area contributed by atoms with Crippen molar-refractivity contribution in [1.29, 1.82) is 0 Å². The van der Waals surface area contributed by atoms with Crippen LogP contribution in [-0.4, -0.2) is 58.1 Å². The molecule has 1 amide bonds. The Kier molecular flexibility index (Phi) is 10.9. The molecule has 248 valence electrons. The van der Waals surface area contributed by atoms with Gasteiger partial charge in [0.1, 0.15) is 11.4 Å². The summed E-state index contributed by atoms with van der Waals surface area (Å²) in [6.45, 7) is 2.87. The Morgan fingerprint density at radius 2 is 1.45 bits per heavy atom. The van der Waals surface area contributed by atoms with E-state index in [4.69, 9.17) is 37.7 Å². The summed E-state index contributed by atoms with van der Waals surface area (Å²) < 4.78 is 37.7. The van der Waals surface area contributed by atoms with Crippen molar-refractivity contribution in [2.75, 3.05) is 14.2 Å². The number of hydrogen-bond donors (Lipinski definition) is 2. The van der Waals surface area contributed by atoms with E-state index in [0.717, 1.165) is 25.0 Å². The zero-order chi connectivity index (χ0) is 33.7. The third-order valence-corrected chi connectivity index (χ3v) is 8.97. The molecule has 5 rings (SSSR count). The standard InChI is InChI=1S/C34H36Cl2F2N6O3/c1-34(2,33(37)38)41-18-27-32(47-4)44-26(17-40-27)23-12-7-10-21(30(23)36)20-9-6-11-22(29(20)35)25-16-39-24(31(43-25)46-3)13-5-8-19-14-15-28(45)42-19/h6-7,9-12,16-17,19,33,41H,5,8,13-15,18H2,1-4H3,(H,42,45)/t19-/m1/s1. The lowest BCUT2D eigenvalue weighted by molar-refractivity contribution is -0.119. The lowest BCUT2D eigenvalue weighted by Gasteiger charge is -2.25. The minimum atomic E-state index is -2.56. The quantitative estimate of drug-likeness (QED) is 0.151. The molecule has 1 saturated heterocycles. The van der Waals surface area contributed by atoms with Crippen molar-refractivity contribution in [2.45, 2.75) is 70.5 Å². The lowest BCUT2D eigenvalue weighted by Crippen LogP contribution is -2.45. The maximum Gasteiger partial charge on any atom is 0.255 e. The largest absolute Gasteiger partial charge is 0.480 e. The van der Waals surface area contributed by atoms with Crippen LogP contribution in [0.3, 0.4) is 0 Å². The van der Waals surface area contributed by atoms with Gasteiger partial charge in [-0.3, -0.25) is 14.8 Å². The van der Waals surface area contributed by atoms with Crippen LogP contribution in [0.2, 0.25) is 10.0 Å². The Balaban J connectivity index is 1.39. The van der Waals surface area contributed by atoms with Gasteiger partial charge < -0.3 is 20.1 Å². The van der Waals surface area contributed by atoms with Gasteiger partial charge >= 0.3 is 0 Å².